The van der Waals surface area contributed by atoms with E-state index in [1.807, 2.05) is 36.9 Å². The second-order valence-corrected chi connectivity index (χ2v) is 15.8. The van der Waals surface area contributed by atoms with Crippen LogP contribution in [0, 0.1) is 23.0 Å². The van der Waals surface area contributed by atoms with Gasteiger partial charge in [-0.25, -0.2) is 13.2 Å². The van der Waals surface area contributed by atoms with Gasteiger partial charge in [0, 0.05) is 54.5 Å². The number of nitrogens with two attached hydrogens (primary N) is 1. The van der Waals surface area contributed by atoms with E-state index in [0.717, 1.165) is 31.0 Å². The van der Waals surface area contributed by atoms with E-state index in [1.54, 1.807) is 16.7 Å². The molecule has 3 aliphatic heterocycles. The average molecular weight is 775 g/mol. The summed E-state index contributed by atoms with van der Waals surface area (Å²) in [6.07, 6.45) is -3.29. The average Bonchev–Trinajstić information content (AvgIpc) is 3.88. The normalized spacial score (nSPS) is 23.7. The number of anilines is 2. The standard InChI is InChI=1S/C37H40F6N8O2S/c1-5-51(21-11-27(19(2)48(3)4)49(16-21)18-52)34-23-12-25(37(41,42)43)29(22-7-8-26(39)32-28(22)24(14-44)33(45)54-32)30(40)31(23)46-35(47-34)53-17-36-9-6-10-50(36)15-20(38)13-36/h7-8,12,18-21,27H,5-6,9-11,13,15-17,45H2,1-4H3. The van der Waals surface area contributed by atoms with Crippen molar-refractivity contribution in [2.45, 2.75) is 75.5 Å². The first-order valence-electron chi connectivity index (χ1n) is 17.8. The van der Waals surface area contributed by atoms with Crippen LogP contribution in [0.5, 0.6) is 6.01 Å². The lowest BCUT2D eigenvalue weighted by Crippen LogP contribution is -2.43. The second-order valence-electron chi connectivity index (χ2n) is 14.7. The Morgan fingerprint density at radius 1 is 1.24 bits per heavy atom. The number of carbonyl (C=O) groups excluding carboxylic acids is 1. The summed E-state index contributed by atoms with van der Waals surface area (Å²) < 4.78 is 98.5. The van der Waals surface area contributed by atoms with Gasteiger partial charge >= 0.3 is 12.2 Å². The zero-order chi connectivity index (χ0) is 38.9. The van der Waals surface area contributed by atoms with Crippen molar-refractivity contribution >= 4 is 49.6 Å². The van der Waals surface area contributed by atoms with Gasteiger partial charge in [0.25, 0.3) is 0 Å². The molecule has 5 unspecified atom stereocenters. The molecule has 17 heteroatoms. The third-order valence-electron chi connectivity index (χ3n) is 11.5. The molecule has 3 fully saturated rings. The Morgan fingerprint density at radius 2 is 2.00 bits per heavy atom. The third kappa shape index (κ3) is 6.25. The molecule has 5 heterocycles. The molecule has 5 atom stereocenters. The highest BCUT2D eigenvalue weighted by Crippen LogP contribution is 2.48. The zero-order valence-corrected chi connectivity index (χ0v) is 31.0. The van der Waals surface area contributed by atoms with E-state index in [4.69, 9.17) is 10.5 Å². The predicted molar refractivity (Wildman–Crippen MR) is 194 cm³/mol. The summed E-state index contributed by atoms with van der Waals surface area (Å²) in [5.74, 6) is -2.23. The van der Waals surface area contributed by atoms with Crippen LogP contribution in [-0.4, -0.2) is 108 Å². The molecule has 0 spiro atoms. The number of aromatic nitrogens is 2. The van der Waals surface area contributed by atoms with Crippen molar-refractivity contribution in [1.29, 1.82) is 5.26 Å². The van der Waals surface area contributed by atoms with Crippen LogP contribution in [0.2, 0.25) is 0 Å². The molecular formula is C37H40F6N8O2S. The highest BCUT2D eigenvalue weighted by atomic mass is 32.1. The van der Waals surface area contributed by atoms with Crippen LogP contribution in [0.15, 0.2) is 18.2 Å². The molecule has 7 rings (SSSR count). The number of alkyl halides is 4. The molecule has 0 radical (unpaired) electrons. The number of likely N-dealkylation sites (tertiary alicyclic amines) is 1. The summed E-state index contributed by atoms with van der Waals surface area (Å²) in [5, 5.41) is 9.27. The van der Waals surface area contributed by atoms with E-state index < -0.39 is 52.2 Å². The molecule has 4 aromatic rings. The monoisotopic (exact) mass is 774 g/mol. The summed E-state index contributed by atoms with van der Waals surface area (Å²) in [6.45, 7) is 5.11. The van der Waals surface area contributed by atoms with E-state index in [9.17, 15) is 14.4 Å². The molecule has 10 nitrogen and oxygen atoms in total. The highest BCUT2D eigenvalue weighted by Gasteiger charge is 2.50. The van der Waals surface area contributed by atoms with Gasteiger partial charge in [-0.1, -0.05) is 6.07 Å². The highest BCUT2D eigenvalue weighted by molar-refractivity contribution is 7.23. The van der Waals surface area contributed by atoms with Crippen molar-refractivity contribution in [3.05, 3.63) is 41.0 Å². The van der Waals surface area contributed by atoms with Crippen molar-refractivity contribution < 1.29 is 35.9 Å². The number of rotatable bonds is 10. The fourth-order valence-electron chi connectivity index (χ4n) is 8.73. The number of nitrogen functional groups attached to an aromatic ring is 1. The van der Waals surface area contributed by atoms with Crippen LogP contribution < -0.4 is 15.4 Å². The van der Waals surface area contributed by atoms with Crippen molar-refractivity contribution in [2.75, 3.05) is 57.5 Å². The van der Waals surface area contributed by atoms with E-state index in [2.05, 4.69) is 9.97 Å². The Hall–Kier alpha value is -4.40. The number of hydrogen-bond acceptors (Lipinski definition) is 10. The maximum Gasteiger partial charge on any atom is 0.417 e. The van der Waals surface area contributed by atoms with Crippen LogP contribution in [-0.2, 0) is 11.0 Å². The van der Waals surface area contributed by atoms with Crippen LogP contribution >= 0.6 is 11.3 Å². The molecular weight excluding hydrogens is 735 g/mol. The number of hydrogen-bond donors (Lipinski definition) is 1. The lowest BCUT2D eigenvalue weighted by Gasteiger charge is -2.32. The number of ether oxygens (including phenoxy) is 1. The van der Waals surface area contributed by atoms with Gasteiger partial charge in [0.1, 0.15) is 41.0 Å². The van der Waals surface area contributed by atoms with Gasteiger partial charge in [-0.3, -0.25) is 9.69 Å². The minimum atomic E-state index is -5.13. The maximum absolute atomic E-state index is 17.3. The quantitative estimate of drug-likeness (QED) is 0.141. The maximum atomic E-state index is 17.3. The molecule has 288 valence electrons. The number of amides is 1. The largest absolute Gasteiger partial charge is 0.461 e. The van der Waals surface area contributed by atoms with Gasteiger partial charge in [-0.2, -0.15) is 28.4 Å². The third-order valence-corrected chi connectivity index (χ3v) is 12.6. The first-order chi connectivity index (χ1) is 25.6. The van der Waals surface area contributed by atoms with Crippen molar-refractivity contribution in [2.24, 2.45) is 0 Å². The lowest BCUT2D eigenvalue weighted by molar-refractivity contribution is -0.137. The number of fused-ring (bicyclic) bond motifs is 3. The molecule has 54 heavy (non-hydrogen) atoms. The first kappa shape index (κ1) is 37.9. The fourth-order valence-corrected chi connectivity index (χ4v) is 9.68. The van der Waals surface area contributed by atoms with Gasteiger partial charge in [-0.05, 0) is 71.4 Å². The Morgan fingerprint density at radius 3 is 2.67 bits per heavy atom. The number of benzene rings is 2. The van der Waals surface area contributed by atoms with E-state index in [1.165, 1.54) is 0 Å². The molecule has 3 saturated heterocycles. The first-order valence-corrected chi connectivity index (χ1v) is 18.6. The van der Waals surface area contributed by atoms with E-state index in [-0.39, 0.29) is 88.2 Å². The number of carbonyl (C=O) groups is 1. The summed E-state index contributed by atoms with van der Waals surface area (Å²) in [6, 6.07) is 3.50. The van der Waals surface area contributed by atoms with Gasteiger partial charge in [0.15, 0.2) is 5.82 Å². The molecule has 2 N–H and O–H groups in total. The predicted octanol–water partition coefficient (Wildman–Crippen LogP) is 6.59. The Kier molecular flexibility index (Phi) is 9.84. The smallest absolute Gasteiger partial charge is 0.417 e. The van der Waals surface area contributed by atoms with Gasteiger partial charge in [-0.15, -0.1) is 11.3 Å². The molecule has 1 amide bonds. The van der Waals surface area contributed by atoms with Crippen LogP contribution in [0.1, 0.15) is 50.7 Å². The van der Waals surface area contributed by atoms with Crippen molar-refractivity contribution in [3.63, 3.8) is 0 Å². The number of nitriles is 1. The summed E-state index contributed by atoms with van der Waals surface area (Å²) in [7, 11) is 3.77. The van der Waals surface area contributed by atoms with E-state index in [0.29, 0.717) is 30.7 Å². The van der Waals surface area contributed by atoms with E-state index >= 15 is 22.0 Å². The molecule has 2 aromatic heterocycles. The number of likely N-dealkylation sites (N-methyl/N-ethyl adjacent to an activating group) is 2. The van der Waals surface area contributed by atoms with Crippen LogP contribution in [0.3, 0.4) is 0 Å². The Bertz CT molecular complexity index is 2160. The molecule has 2 aromatic carbocycles. The van der Waals surface area contributed by atoms with Gasteiger partial charge < -0.3 is 25.2 Å². The number of halogens is 6. The molecule has 0 saturated carbocycles. The van der Waals surface area contributed by atoms with Crippen molar-refractivity contribution in [1.82, 2.24) is 24.7 Å². The van der Waals surface area contributed by atoms with Crippen LogP contribution in [0.25, 0.3) is 32.1 Å². The molecule has 0 aliphatic carbocycles. The number of nitrogens with zero attached hydrogens (tertiary/aromatic N) is 7. The Balaban J connectivity index is 1.45. The number of thiophene rings is 1. The zero-order valence-electron chi connectivity index (χ0n) is 30.2. The minimum absolute atomic E-state index is 0.0251. The lowest BCUT2D eigenvalue weighted by atomic mass is 9.92. The van der Waals surface area contributed by atoms with Crippen molar-refractivity contribution in [3.8, 4) is 23.2 Å². The fraction of sp³-hybridized carbons (Fsp3) is 0.514. The molecule has 3 aliphatic rings. The Labute approximate surface area is 312 Å². The molecule has 0 bridgehead atoms. The summed E-state index contributed by atoms with van der Waals surface area (Å²) in [5.41, 5.74) is 1.90. The van der Waals surface area contributed by atoms with Gasteiger partial charge in [0.2, 0.25) is 6.41 Å². The second kappa shape index (κ2) is 14.0. The summed E-state index contributed by atoms with van der Waals surface area (Å²) >= 11 is 0.681. The topological polar surface area (TPSA) is 115 Å². The summed E-state index contributed by atoms with van der Waals surface area (Å²) in [4.78, 5) is 28.6. The van der Waals surface area contributed by atoms with Crippen LogP contribution in [0.4, 0.5) is 37.2 Å². The van der Waals surface area contributed by atoms with Gasteiger partial charge in [0.05, 0.1) is 27.4 Å². The SMILES string of the molecule is CCN(c1nc(OCC23CCCN2CC(F)C3)nc2c(F)c(-c3ccc(F)c4sc(N)c(C#N)c34)c(C(F)(F)F)cc12)C1CC(C(C)N(C)C)N(C=O)C1. The minimum Gasteiger partial charge on any atom is -0.461 e.